The molecule has 1 aromatic rings. The van der Waals surface area contributed by atoms with Crippen LogP contribution in [0.25, 0.3) is 0 Å². The highest BCUT2D eigenvalue weighted by Crippen LogP contribution is 2.13. The molecule has 0 atom stereocenters. The molecule has 0 spiro atoms. The van der Waals surface area contributed by atoms with Crippen molar-refractivity contribution < 1.29 is 4.57 Å². The predicted molar refractivity (Wildman–Crippen MR) is 124 cm³/mol. The molecule has 0 aromatic carbocycles. The van der Waals surface area contributed by atoms with Crippen molar-refractivity contribution >= 4 is 0 Å². The number of imidazole rings is 1. The third-order valence-electron chi connectivity index (χ3n) is 6.06. The van der Waals surface area contributed by atoms with Gasteiger partial charge in [-0.25, -0.2) is 9.13 Å². The maximum Gasteiger partial charge on any atom is 0.256 e. The van der Waals surface area contributed by atoms with Crippen LogP contribution in [0.4, 0.5) is 0 Å². The Labute approximate surface area is 177 Å². The number of aryl methyl sites for hydroxylation is 2. The first-order valence-corrected chi connectivity index (χ1v) is 12.9. The summed E-state index contributed by atoms with van der Waals surface area (Å²) in [5.41, 5.74) is 0. The molecular formula is C26H51N2+. The Morgan fingerprint density at radius 3 is 1.64 bits per heavy atom. The summed E-state index contributed by atoms with van der Waals surface area (Å²) in [7, 11) is 0. The molecule has 0 radical (unpaired) electrons. The Kier molecular flexibility index (Phi) is 16.5. The summed E-state index contributed by atoms with van der Waals surface area (Å²) in [6, 6.07) is 0. The van der Waals surface area contributed by atoms with Gasteiger partial charge in [0.2, 0.25) is 0 Å². The smallest absolute Gasteiger partial charge is 0.234 e. The van der Waals surface area contributed by atoms with E-state index in [9.17, 15) is 0 Å². The van der Waals surface area contributed by atoms with E-state index in [4.69, 9.17) is 0 Å². The summed E-state index contributed by atoms with van der Waals surface area (Å²) in [6.07, 6.45) is 29.8. The van der Waals surface area contributed by atoms with Gasteiger partial charge in [-0.3, -0.25) is 0 Å². The maximum atomic E-state index is 2.55. The van der Waals surface area contributed by atoms with Gasteiger partial charge in [-0.15, -0.1) is 0 Å². The van der Waals surface area contributed by atoms with Gasteiger partial charge in [0.1, 0.15) is 12.4 Å². The van der Waals surface area contributed by atoms with Crippen molar-refractivity contribution in [2.75, 3.05) is 0 Å². The highest BCUT2D eigenvalue weighted by atomic mass is 15.1. The molecule has 0 N–H and O–H groups in total. The number of hydrogen-bond donors (Lipinski definition) is 0. The van der Waals surface area contributed by atoms with Gasteiger partial charge in [-0.05, 0) is 25.7 Å². The van der Waals surface area contributed by atoms with Crippen LogP contribution in [-0.4, -0.2) is 4.57 Å². The molecule has 0 saturated heterocycles. The SMILES string of the molecule is CCCCCCCCCCCCCCCn1cc[n+](CCC)c1CCCCC. The van der Waals surface area contributed by atoms with Crippen LogP contribution in [0.3, 0.4) is 0 Å². The molecule has 0 fully saturated rings. The summed E-state index contributed by atoms with van der Waals surface area (Å²) in [5, 5.41) is 0. The number of aromatic nitrogens is 2. The van der Waals surface area contributed by atoms with Crippen LogP contribution in [0.2, 0.25) is 0 Å². The molecule has 0 unspecified atom stereocenters. The molecule has 0 aliphatic heterocycles. The van der Waals surface area contributed by atoms with Gasteiger partial charge in [0.25, 0.3) is 5.82 Å². The topological polar surface area (TPSA) is 8.81 Å². The van der Waals surface area contributed by atoms with Crippen molar-refractivity contribution in [3.05, 3.63) is 18.2 Å². The fourth-order valence-electron chi connectivity index (χ4n) is 4.27. The summed E-state index contributed by atoms with van der Waals surface area (Å²) in [6.45, 7) is 9.27. The molecule has 0 saturated carbocycles. The van der Waals surface area contributed by atoms with Gasteiger partial charge in [-0.1, -0.05) is 104 Å². The Bertz CT molecular complexity index is 449. The second-order valence-corrected chi connectivity index (χ2v) is 8.80. The number of unbranched alkanes of at least 4 members (excludes halogenated alkanes) is 14. The van der Waals surface area contributed by atoms with E-state index in [0.717, 1.165) is 0 Å². The Morgan fingerprint density at radius 2 is 1.11 bits per heavy atom. The fourth-order valence-corrected chi connectivity index (χ4v) is 4.27. The second kappa shape index (κ2) is 18.3. The van der Waals surface area contributed by atoms with Crippen LogP contribution in [0.1, 0.15) is 136 Å². The van der Waals surface area contributed by atoms with E-state index < -0.39 is 0 Å². The van der Waals surface area contributed by atoms with Crippen LogP contribution in [0, 0.1) is 0 Å². The zero-order chi connectivity index (χ0) is 20.3. The van der Waals surface area contributed by atoms with E-state index in [1.807, 2.05) is 0 Å². The molecule has 1 heterocycles. The number of nitrogens with zero attached hydrogens (tertiary/aromatic N) is 2. The summed E-state index contributed by atoms with van der Waals surface area (Å²) in [5.74, 6) is 1.56. The Morgan fingerprint density at radius 1 is 0.607 bits per heavy atom. The normalized spacial score (nSPS) is 11.4. The minimum Gasteiger partial charge on any atom is -0.234 e. The Hall–Kier alpha value is -0.790. The second-order valence-electron chi connectivity index (χ2n) is 8.80. The zero-order valence-electron chi connectivity index (χ0n) is 19.7. The first-order chi connectivity index (χ1) is 13.8. The molecular weight excluding hydrogens is 340 g/mol. The van der Waals surface area contributed by atoms with Crippen molar-refractivity contribution in [2.24, 2.45) is 0 Å². The predicted octanol–water partition coefficient (Wildman–Crippen LogP) is 8.01. The zero-order valence-corrected chi connectivity index (χ0v) is 19.7. The van der Waals surface area contributed by atoms with E-state index in [2.05, 4.69) is 42.3 Å². The number of rotatable bonds is 20. The number of hydrogen-bond acceptors (Lipinski definition) is 0. The lowest BCUT2D eigenvalue weighted by atomic mass is 10.0. The lowest BCUT2D eigenvalue weighted by molar-refractivity contribution is -0.703. The first-order valence-electron chi connectivity index (χ1n) is 12.9. The first kappa shape index (κ1) is 25.2. The van der Waals surface area contributed by atoms with Gasteiger partial charge < -0.3 is 0 Å². The molecule has 0 aliphatic carbocycles. The van der Waals surface area contributed by atoms with Crippen LogP contribution >= 0.6 is 0 Å². The average Bonchev–Trinajstić information content (AvgIpc) is 3.08. The quantitative estimate of drug-likeness (QED) is 0.157. The summed E-state index contributed by atoms with van der Waals surface area (Å²) in [4.78, 5) is 0. The van der Waals surface area contributed by atoms with Crippen molar-refractivity contribution in [1.29, 1.82) is 0 Å². The van der Waals surface area contributed by atoms with Crippen molar-refractivity contribution in [2.45, 2.75) is 149 Å². The van der Waals surface area contributed by atoms with Crippen molar-refractivity contribution in [3.63, 3.8) is 0 Å². The molecule has 1 rings (SSSR count). The average molecular weight is 392 g/mol. The fraction of sp³-hybridized carbons (Fsp3) is 0.885. The standard InChI is InChI=1S/C26H51N2/c1-4-7-9-10-11-12-13-14-15-16-17-18-20-23-28-25-24-27(22-6-3)26(28)21-19-8-5-2/h24-25H,4-23H2,1-3H3/q+1. The van der Waals surface area contributed by atoms with E-state index in [-0.39, 0.29) is 0 Å². The van der Waals surface area contributed by atoms with Gasteiger partial charge in [0.05, 0.1) is 13.1 Å². The largest absolute Gasteiger partial charge is 0.256 e. The van der Waals surface area contributed by atoms with E-state index in [0.29, 0.717) is 0 Å². The van der Waals surface area contributed by atoms with E-state index in [1.54, 1.807) is 5.82 Å². The van der Waals surface area contributed by atoms with Crippen LogP contribution in [0.5, 0.6) is 0 Å². The van der Waals surface area contributed by atoms with Crippen LogP contribution in [0.15, 0.2) is 12.4 Å². The third kappa shape index (κ3) is 11.9. The van der Waals surface area contributed by atoms with Gasteiger partial charge in [0, 0.05) is 6.42 Å². The lowest BCUT2D eigenvalue weighted by Crippen LogP contribution is -2.37. The molecule has 1 aromatic heterocycles. The maximum absolute atomic E-state index is 2.55. The monoisotopic (exact) mass is 391 g/mol. The molecule has 2 heteroatoms. The molecule has 164 valence electrons. The van der Waals surface area contributed by atoms with Gasteiger partial charge >= 0.3 is 0 Å². The molecule has 0 amide bonds. The molecule has 2 nitrogen and oxygen atoms in total. The summed E-state index contributed by atoms with van der Waals surface area (Å²) < 4.78 is 5.04. The van der Waals surface area contributed by atoms with Gasteiger partial charge in [-0.2, -0.15) is 0 Å². The minimum absolute atomic E-state index is 1.17. The highest BCUT2D eigenvalue weighted by Gasteiger charge is 2.15. The minimum atomic E-state index is 1.17. The van der Waals surface area contributed by atoms with E-state index >= 15 is 0 Å². The van der Waals surface area contributed by atoms with Crippen LogP contribution in [-0.2, 0) is 19.5 Å². The van der Waals surface area contributed by atoms with Crippen molar-refractivity contribution in [1.82, 2.24) is 4.57 Å². The molecule has 28 heavy (non-hydrogen) atoms. The molecule has 0 aliphatic rings. The third-order valence-corrected chi connectivity index (χ3v) is 6.06. The Balaban J connectivity index is 2.07. The lowest BCUT2D eigenvalue weighted by Gasteiger charge is -2.05. The van der Waals surface area contributed by atoms with Gasteiger partial charge in [0.15, 0.2) is 0 Å². The van der Waals surface area contributed by atoms with Crippen molar-refractivity contribution in [3.8, 4) is 0 Å². The van der Waals surface area contributed by atoms with Crippen LogP contribution < -0.4 is 4.57 Å². The highest BCUT2D eigenvalue weighted by molar-refractivity contribution is 4.84. The van der Waals surface area contributed by atoms with E-state index in [1.165, 1.54) is 129 Å². The summed E-state index contributed by atoms with van der Waals surface area (Å²) >= 11 is 0. The molecule has 0 bridgehead atoms.